The van der Waals surface area contributed by atoms with Gasteiger partial charge in [0.25, 0.3) is 0 Å². The average Bonchev–Trinajstić information content (AvgIpc) is 2.93. The molecule has 1 aromatic heterocycles. The summed E-state index contributed by atoms with van der Waals surface area (Å²) in [6.45, 7) is 11.9. The molecular formula is C17H34IN5O. The van der Waals surface area contributed by atoms with Gasteiger partial charge in [-0.2, -0.15) is 5.10 Å². The summed E-state index contributed by atoms with van der Waals surface area (Å²) in [6.07, 6.45) is 6.24. The fourth-order valence-electron chi connectivity index (χ4n) is 2.41. The molecule has 0 saturated carbocycles. The molecule has 0 spiro atoms. The maximum Gasteiger partial charge on any atom is 0.190 e. The van der Waals surface area contributed by atoms with Crippen LogP contribution in [0.2, 0.25) is 0 Å². The maximum absolute atomic E-state index is 5.76. The molecule has 1 aromatic rings. The van der Waals surface area contributed by atoms with Gasteiger partial charge >= 0.3 is 0 Å². The third-order valence-electron chi connectivity index (χ3n) is 3.69. The number of aliphatic imine (C=N–C) groups is 1. The fraction of sp³-hybridized carbons (Fsp3) is 0.765. The minimum atomic E-state index is 0. The highest BCUT2D eigenvalue weighted by Gasteiger charge is 2.12. The molecule has 24 heavy (non-hydrogen) atoms. The Morgan fingerprint density at radius 1 is 1.33 bits per heavy atom. The molecule has 0 aliphatic heterocycles. The SMILES string of the molecule is CCOC(CCNC(=NC)NCCCn1cc(C)cn1)C(C)C.I. The Morgan fingerprint density at radius 3 is 2.58 bits per heavy atom. The van der Waals surface area contributed by atoms with Gasteiger partial charge in [-0.05, 0) is 38.2 Å². The van der Waals surface area contributed by atoms with Crippen LogP contribution in [0.1, 0.15) is 39.2 Å². The highest BCUT2D eigenvalue weighted by molar-refractivity contribution is 14.0. The van der Waals surface area contributed by atoms with Crippen molar-refractivity contribution in [2.75, 3.05) is 26.7 Å². The molecule has 0 aliphatic carbocycles. The third kappa shape index (κ3) is 9.46. The highest BCUT2D eigenvalue weighted by Crippen LogP contribution is 2.09. The number of hydrogen-bond acceptors (Lipinski definition) is 3. The largest absolute Gasteiger partial charge is 0.378 e. The van der Waals surface area contributed by atoms with Crippen LogP contribution in [0.5, 0.6) is 0 Å². The van der Waals surface area contributed by atoms with Crippen molar-refractivity contribution in [3.63, 3.8) is 0 Å². The van der Waals surface area contributed by atoms with Crippen LogP contribution in [0.25, 0.3) is 0 Å². The maximum atomic E-state index is 5.76. The van der Waals surface area contributed by atoms with Gasteiger partial charge in [-0.15, -0.1) is 24.0 Å². The minimum Gasteiger partial charge on any atom is -0.378 e. The number of halogens is 1. The van der Waals surface area contributed by atoms with Crippen molar-refractivity contribution >= 4 is 29.9 Å². The van der Waals surface area contributed by atoms with Gasteiger partial charge < -0.3 is 15.4 Å². The summed E-state index contributed by atoms with van der Waals surface area (Å²) in [5.74, 6) is 1.38. The van der Waals surface area contributed by atoms with E-state index in [1.165, 1.54) is 5.56 Å². The summed E-state index contributed by atoms with van der Waals surface area (Å²) in [4.78, 5) is 4.26. The van der Waals surface area contributed by atoms with Crippen LogP contribution < -0.4 is 10.6 Å². The molecule has 0 bridgehead atoms. The van der Waals surface area contributed by atoms with Crippen LogP contribution >= 0.6 is 24.0 Å². The van der Waals surface area contributed by atoms with Gasteiger partial charge in [0.1, 0.15) is 0 Å². The number of guanidine groups is 1. The van der Waals surface area contributed by atoms with Gasteiger partial charge in [0.15, 0.2) is 5.96 Å². The van der Waals surface area contributed by atoms with E-state index in [9.17, 15) is 0 Å². The second kappa shape index (κ2) is 13.5. The Morgan fingerprint density at radius 2 is 2.04 bits per heavy atom. The molecule has 140 valence electrons. The van der Waals surface area contributed by atoms with Crippen molar-refractivity contribution in [3.05, 3.63) is 18.0 Å². The molecule has 1 heterocycles. The van der Waals surface area contributed by atoms with Crippen LogP contribution in [0, 0.1) is 12.8 Å². The molecule has 2 N–H and O–H groups in total. The first-order valence-corrected chi connectivity index (χ1v) is 8.62. The standard InChI is InChI=1S/C17H33N5O.HI/c1-6-23-16(14(2)3)8-10-20-17(18-5)19-9-7-11-22-13-15(4)12-21-22;/h12-14,16H,6-11H2,1-5H3,(H2,18,19,20);1H. The topological polar surface area (TPSA) is 63.5 Å². The zero-order valence-corrected chi connectivity index (χ0v) is 18.0. The summed E-state index contributed by atoms with van der Waals surface area (Å²) >= 11 is 0. The number of hydrogen-bond donors (Lipinski definition) is 2. The van der Waals surface area contributed by atoms with Gasteiger partial charge in [0.2, 0.25) is 0 Å². The van der Waals surface area contributed by atoms with Crippen LogP contribution in [0.3, 0.4) is 0 Å². The van der Waals surface area contributed by atoms with Crippen LogP contribution in [-0.2, 0) is 11.3 Å². The molecule has 0 saturated heterocycles. The van der Waals surface area contributed by atoms with Crippen molar-refractivity contribution in [2.24, 2.45) is 10.9 Å². The van der Waals surface area contributed by atoms with Crippen LogP contribution in [-0.4, -0.2) is 48.6 Å². The minimum absolute atomic E-state index is 0. The first-order valence-electron chi connectivity index (χ1n) is 8.62. The van der Waals surface area contributed by atoms with Gasteiger partial charge in [-0.25, -0.2) is 0 Å². The molecule has 7 heteroatoms. The molecule has 0 aliphatic rings. The number of nitrogens with one attached hydrogen (secondary N) is 2. The predicted octanol–water partition coefficient (Wildman–Crippen LogP) is 2.82. The quantitative estimate of drug-likeness (QED) is 0.249. The molecule has 0 amide bonds. The van der Waals surface area contributed by atoms with E-state index in [2.05, 4.69) is 47.7 Å². The fourth-order valence-corrected chi connectivity index (χ4v) is 2.41. The van der Waals surface area contributed by atoms with E-state index in [1.54, 1.807) is 7.05 Å². The zero-order chi connectivity index (χ0) is 17.1. The smallest absolute Gasteiger partial charge is 0.190 e. The monoisotopic (exact) mass is 451 g/mol. The Bertz CT molecular complexity index is 462. The second-order valence-corrected chi connectivity index (χ2v) is 6.09. The lowest BCUT2D eigenvalue weighted by Gasteiger charge is -2.21. The first-order chi connectivity index (χ1) is 11.1. The van der Waals surface area contributed by atoms with E-state index in [0.717, 1.165) is 45.0 Å². The first kappa shape index (κ1) is 23.2. The van der Waals surface area contributed by atoms with Crippen molar-refractivity contribution in [1.82, 2.24) is 20.4 Å². The Hall–Kier alpha value is -0.830. The molecule has 1 rings (SSSR count). The summed E-state index contributed by atoms with van der Waals surface area (Å²) in [6, 6.07) is 0. The Labute approximate surface area is 163 Å². The van der Waals surface area contributed by atoms with E-state index >= 15 is 0 Å². The van der Waals surface area contributed by atoms with Gasteiger partial charge in [-0.1, -0.05) is 13.8 Å². The van der Waals surface area contributed by atoms with E-state index in [1.807, 2.05) is 17.8 Å². The van der Waals surface area contributed by atoms with E-state index in [4.69, 9.17) is 4.74 Å². The summed E-state index contributed by atoms with van der Waals surface area (Å²) in [5, 5.41) is 11.0. The number of nitrogens with zero attached hydrogens (tertiary/aromatic N) is 3. The zero-order valence-electron chi connectivity index (χ0n) is 15.7. The molecule has 1 atom stereocenters. The number of aromatic nitrogens is 2. The highest BCUT2D eigenvalue weighted by atomic mass is 127. The predicted molar refractivity (Wildman–Crippen MR) is 111 cm³/mol. The normalized spacial score (nSPS) is 12.8. The van der Waals surface area contributed by atoms with Crippen molar-refractivity contribution in [3.8, 4) is 0 Å². The Kier molecular flexibility index (Phi) is 13.0. The molecule has 0 fully saturated rings. The lowest BCUT2D eigenvalue weighted by atomic mass is 10.0. The number of ether oxygens (including phenoxy) is 1. The lowest BCUT2D eigenvalue weighted by molar-refractivity contribution is 0.0258. The molecule has 0 aromatic carbocycles. The molecule has 1 unspecified atom stereocenters. The lowest BCUT2D eigenvalue weighted by Crippen LogP contribution is -2.39. The van der Waals surface area contributed by atoms with Crippen molar-refractivity contribution < 1.29 is 4.74 Å². The Balaban J connectivity index is 0.00000529. The van der Waals surface area contributed by atoms with Gasteiger partial charge in [-0.3, -0.25) is 9.67 Å². The van der Waals surface area contributed by atoms with E-state index in [0.29, 0.717) is 12.0 Å². The van der Waals surface area contributed by atoms with Crippen molar-refractivity contribution in [1.29, 1.82) is 0 Å². The van der Waals surface area contributed by atoms with E-state index < -0.39 is 0 Å². The average molecular weight is 451 g/mol. The van der Waals surface area contributed by atoms with E-state index in [-0.39, 0.29) is 24.0 Å². The molecule has 0 radical (unpaired) electrons. The molecular weight excluding hydrogens is 417 g/mol. The number of aryl methyl sites for hydroxylation is 2. The summed E-state index contributed by atoms with van der Waals surface area (Å²) in [5.41, 5.74) is 1.20. The summed E-state index contributed by atoms with van der Waals surface area (Å²) in [7, 11) is 1.80. The van der Waals surface area contributed by atoms with Gasteiger partial charge in [0.05, 0.1) is 12.3 Å². The summed E-state index contributed by atoms with van der Waals surface area (Å²) < 4.78 is 7.73. The second-order valence-electron chi connectivity index (χ2n) is 6.09. The van der Waals surface area contributed by atoms with Crippen LogP contribution in [0.4, 0.5) is 0 Å². The van der Waals surface area contributed by atoms with Crippen LogP contribution in [0.15, 0.2) is 17.4 Å². The number of rotatable bonds is 10. The molecule has 6 nitrogen and oxygen atoms in total. The van der Waals surface area contributed by atoms with Crippen molar-refractivity contribution in [2.45, 2.75) is 53.2 Å². The third-order valence-corrected chi connectivity index (χ3v) is 3.69. The van der Waals surface area contributed by atoms with Gasteiger partial charge in [0, 0.05) is 39.5 Å².